The van der Waals surface area contributed by atoms with Crippen LogP contribution in [0.4, 0.5) is 5.82 Å². The average Bonchev–Trinajstić information content (AvgIpc) is 2.32. The molecule has 1 N–H and O–H groups in total. The van der Waals surface area contributed by atoms with Gasteiger partial charge in [-0.1, -0.05) is 0 Å². The van der Waals surface area contributed by atoms with E-state index in [1.807, 2.05) is 0 Å². The van der Waals surface area contributed by atoms with Gasteiger partial charge in [0.05, 0.1) is 0 Å². The number of aryl methyl sites for hydroxylation is 1. The van der Waals surface area contributed by atoms with Crippen LogP contribution in [-0.4, -0.2) is 49.7 Å². The van der Waals surface area contributed by atoms with Gasteiger partial charge >= 0.3 is 0 Å². The topological polar surface area (TPSA) is 31.4 Å². The molecule has 0 saturated heterocycles. The van der Waals surface area contributed by atoms with Crippen molar-refractivity contribution in [1.29, 1.82) is 0 Å². The van der Waals surface area contributed by atoms with Crippen LogP contribution in [-0.2, 0) is 6.54 Å². The lowest BCUT2D eigenvalue weighted by Crippen LogP contribution is -2.35. The molecule has 0 aromatic carbocycles. The van der Waals surface area contributed by atoms with E-state index in [2.05, 4.69) is 81.1 Å². The van der Waals surface area contributed by atoms with Crippen LogP contribution in [0.3, 0.4) is 0 Å². The third-order valence-corrected chi connectivity index (χ3v) is 3.10. The molecule has 1 rings (SSSR count). The summed E-state index contributed by atoms with van der Waals surface area (Å²) >= 11 is 0. The van der Waals surface area contributed by atoms with Crippen LogP contribution in [0, 0.1) is 6.92 Å². The molecular formula is C16H30N4. The Kier molecular flexibility index (Phi) is 5.96. The number of rotatable bonds is 6. The van der Waals surface area contributed by atoms with Gasteiger partial charge in [-0.05, 0) is 59.5 Å². The molecular weight excluding hydrogens is 248 g/mol. The number of nitrogens with zero attached hydrogens (tertiary/aromatic N) is 3. The van der Waals surface area contributed by atoms with E-state index in [0.29, 0.717) is 0 Å². The summed E-state index contributed by atoms with van der Waals surface area (Å²) in [6.45, 7) is 11.5. The van der Waals surface area contributed by atoms with Crippen LogP contribution in [0.15, 0.2) is 12.1 Å². The molecule has 1 aromatic heterocycles. The summed E-state index contributed by atoms with van der Waals surface area (Å²) in [7, 11) is 6.29. The van der Waals surface area contributed by atoms with E-state index in [1.54, 1.807) is 0 Å². The van der Waals surface area contributed by atoms with Crippen molar-refractivity contribution in [3.05, 3.63) is 23.4 Å². The minimum absolute atomic E-state index is 0.133. The van der Waals surface area contributed by atoms with E-state index in [-0.39, 0.29) is 5.54 Å². The van der Waals surface area contributed by atoms with Gasteiger partial charge in [0.15, 0.2) is 0 Å². The number of hydrogen-bond acceptors (Lipinski definition) is 4. The van der Waals surface area contributed by atoms with Crippen molar-refractivity contribution in [2.45, 2.75) is 39.8 Å². The predicted molar refractivity (Wildman–Crippen MR) is 87.4 cm³/mol. The third kappa shape index (κ3) is 6.35. The fourth-order valence-electron chi connectivity index (χ4n) is 1.85. The summed E-state index contributed by atoms with van der Waals surface area (Å²) in [6.07, 6.45) is 0. The van der Waals surface area contributed by atoms with E-state index in [0.717, 1.165) is 31.1 Å². The maximum Gasteiger partial charge on any atom is 0.128 e. The highest BCUT2D eigenvalue weighted by Gasteiger charge is 2.10. The number of hydrogen-bond donors (Lipinski definition) is 1. The molecule has 0 aliphatic carbocycles. The van der Waals surface area contributed by atoms with E-state index in [9.17, 15) is 0 Å². The lowest BCUT2D eigenvalue weighted by Gasteiger charge is -2.23. The van der Waals surface area contributed by atoms with Crippen molar-refractivity contribution in [2.24, 2.45) is 0 Å². The number of anilines is 1. The first-order valence-corrected chi connectivity index (χ1v) is 7.26. The lowest BCUT2D eigenvalue weighted by atomic mass is 10.1. The highest BCUT2D eigenvalue weighted by molar-refractivity contribution is 5.42. The standard InChI is InChI=1S/C16H30N4/c1-13-10-14(12-17-16(2,3)4)11-15(18-13)20(7)9-8-19(5)6/h10-11,17H,8-9,12H2,1-7H3. The molecule has 0 bridgehead atoms. The molecule has 0 aliphatic heterocycles. The van der Waals surface area contributed by atoms with Gasteiger partial charge in [0.25, 0.3) is 0 Å². The second-order valence-corrected chi connectivity index (χ2v) is 6.80. The van der Waals surface area contributed by atoms with Gasteiger partial charge in [-0.25, -0.2) is 4.98 Å². The van der Waals surface area contributed by atoms with E-state index in [1.165, 1.54) is 5.56 Å². The molecule has 0 aliphatic rings. The molecule has 4 heteroatoms. The van der Waals surface area contributed by atoms with Crippen molar-refractivity contribution in [1.82, 2.24) is 15.2 Å². The first-order valence-electron chi connectivity index (χ1n) is 7.26. The van der Waals surface area contributed by atoms with Crippen LogP contribution in [0.25, 0.3) is 0 Å². The minimum atomic E-state index is 0.133. The van der Waals surface area contributed by atoms with Gasteiger partial charge in [-0.15, -0.1) is 0 Å². The van der Waals surface area contributed by atoms with Crippen molar-refractivity contribution in [3.63, 3.8) is 0 Å². The molecule has 4 nitrogen and oxygen atoms in total. The number of likely N-dealkylation sites (N-methyl/N-ethyl adjacent to an activating group) is 2. The number of pyridine rings is 1. The zero-order valence-corrected chi connectivity index (χ0v) is 14.1. The second kappa shape index (κ2) is 7.04. The van der Waals surface area contributed by atoms with Crippen molar-refractivity contribution >= 4 is 5.82 Å². The molecule has 0 amide bonds. The summed E-state index contributed by atoms with van der Waals surface area (Å²) in [5, 5.41) is 3.53. The highest BCUT2D eigenvalue weighted by Crippen LogP contribution is 2.14. The summed E-state index contributed by atoms with van der Waals surface area (Å²) in [5.41, 5.74) is 2.50. The van der Waals surface area contributed by atoms with E-state index < -0.39 is 0 Å². The molecule has 0 fully saturated rings. The van der Waals surface area contributed by atoms with Gasteiger partial charge < -0.3 is 15.1 Å². The maximum absolute atomic E-state index is 4.64. The lowest BCUT2D eigenvalue weighted by molar-refractivity contribution is 0.416. The molecule has 1 heterocycles. The number of aromatic nitrogens is 1. The quantitative estimate of drug-likeness (QED) is 0.865. The zero-order valence-electron chi connectivity index (χ0n) is 14.1. The molecule has 20 heavy (non-hydrogen) atoms. The molecule has 1 aromatic rings. The van der Waals surface area contributed by atoms with E-state index in [4.69, 9.17) is 0 Å². The first-order chi connectivity index (χ1) is 9.17. The molecule has 114 valence electrons. The third-order valence-electron chi connectivity index (χ3n) is 3.10. The van der Waals surface area contributed by atoms with Crippen LogP contribution in [0.1, 0.15) is 32.0 Å². The fourth-order valence-corrected chi connectivity index (χ4v) is 1.85. The normalized spacial score (nSPS) is 12.0. The Labute approximate surface area is 124 Å². The zero-order chi connectivity index (χ0) is 15.3. The molecule has 0 spiro atoms. The molecule has 0 saturated carbocycles. The van der Waals surface area contributed by atoms with Gasteiger partial charge in [0, 0.05) is 37.9 Å². The average molecular weight is 278 g/mol. The summed E-state index contributed by atoms with van der Waals surface area (Å²) < 4.78 is 0. The van der Waals surface area contributed by atoms with Gasteiger partial charge in [-0.2, -0.15) is 0 Å². The molecule has 0 radical (unpaired) electrons. The van der Waals surface area contributed by atoms with Gasteiger partial charge in [0.2, 0.25) is 0 Å². The summed E-state index contributed by atoms with van der Waals surface area (Å²) in [5.74, 6) is 1.05. The number of nitrogens with one attached hydrogen (secondary N) is 1. The Morgan fingerprint density at radius 1 is 1.10 bits per heavy atom. The van der Waals surface area contributed by atoms with Crippen LogP contribution in [0.5, 0.6) is 0 Å². The smallest absolute Gasteiger partial charge is 0.128 e. The minimum Gasteiger partial charge on any atom is -0.358 e. The SMILES string of the molecule is Cc1cc(CNC(C)(C)C)cc(N(C)CCN(C)C)n1. The van der Waals surface area contributed by atoms with Crippen molar-refractivity contribution < 1.29 is 0 Å². The van der Waals surface area contributed by atoms with Crippen molar-refractivity contribution in [3.8, 4) is 0 Å². The van der Waals surface area contributed by atoms with Crippen LogP contribution < -0.4 is 10.2 Å². The van der Waals surface area contributed by atoms with E-state index >= 15 is 0 Å². The Morgan fingerprint density at radius 2 is 1.75 bits per heavy atom. The Bertz CT molecular complexity index is 421. The monoisotopic (exact) mass is 278 g/mol. The second-order valence-electron chi connectivity index (χ2n) is 6.80. The maximum atomic E-state index is 4.64. The predicted octanol–water partition coefficient (Wildman–Crippen LogP) is 2.28. The molecule has 0 atom stereocenters. The Hall–Kier alpha value is -1.13. The Morgan fingerprint density at radius 3 is 2.30 bits per heavy atom. The fraction of sp³-hybridized carbons (Fsp3) is 0.688. The summed E-state index contributed by atoms with van der Waals surface area (Å²) in [6, 6.07) is 4.34. The first kappa shape index (κ1) is 16.9. The summed E-state index contributed by atoms with van der Waals surface area (Å²) in [4.78, 5) is 9.04. The van der Waals surface area contributed by atoms with Gasteiger partial charge in [-0.3, -0.25) is 0 Å². The molecule has 0 unspecified atom stereocenters. The van der Waals surface area contributed by atoms with Gasteiger partial charge in [0.1, 0.15) is 5.82 Å². The Balaban J connectivity index is 2.75. The highest BCUT2D eigenvalue weighted by atomic mass is 15.2. The van der Waals surface area contributed by atoms with Crippen LogP contribution in [0.2, 0.25) is 0 Å². The van der Waals surface area contributed by atoms with Crippen molar-refractivity contribution in [2.75, 3.05) is 39.1 Å². The van der Waals surface area contributed by atoms with Crippen LogP contribution >= 0.6 is 0 Å². The largest absolute Gasteiger partial charge is 0.358 e.